The molecule has 1 aromatic rings. The Morgan fingerprint density at radius 1 is 1.12 bits per heavy atom. The van der Waals surface area contributed by atoms with Gasteiger partial charge in [0.05, 0.1) is 19.1 Å². The second-order valence-electron chi connectivity index (χ2n) is 2.69. The molecule has 90 valence electrons. The highest BCUT2D eigenvalue weighted by atomic mass is 32.2. The molecule has 0 unspecified atom stereocenters. The van der Waals surface area contributed by atoms with Crippen LogP contribution >= 0.6 is 11.8 Å². The maximum absolute atomic E-state index is 13.0. The monoisotopic (exact) mass is 256 g/mol. The van der Waals surface area contributed by atoms with Crippen LogP contribution in [-0.2, 0) is 0 Å². The fourth-order valence-electron chi connectivity index (χ4n) is 1.10. The summed E-state index contributed by atoms with van der Waals surface area (Å²) < 4.78 is 59.0. The zero-order valence-corrected chi connectivity index (χ0v) is 9.21. The zero-order valence-electron chi connectivity index (χ0n) is 8.39. The molecule has 0 radical (unpaired) electrons. The van der Waals surface area contributed by atoms with E-state index in [-0.39, 0.29) is 16.4 Å². The van der Waals surface area contributed by atoms with Gasteiger partial charge in [-0.3, -0.25) is 0 Å². The first-order chi connectivity index (χ1) is 7.37. The molecular weight excluding hydrogens is 248 g/mol. The lowest BCUT2D eigenvalue weighted by molar-refractivity contribution is -0.0328. The van der Waals surface area contributed by atoms with E-state index in [0.717, 1.165) is 12.1 Å². The standard InChI is InChI=1S/C9H8F4O2S/c1-14-6-3-5(10)4-7(8(6)15-2)16-9(11,12)13/h3-4H,1-2H3. The predicted molar refractivity (Wildman–Crippen MR) is 51.4 cm³/mol. The molecule has 0 spiro atoms. The molecule has 0 aromatic heterocycles. The molecule has 0 fully saturated rings. The van der Waals surface area contributed by atoms with E-state index in [0.29, 0.717) is 0 Å². The molecule has 2 nitrogen and oxygen atoms in total. The second kappa shape index (κ2) is 4.82. The first-order valence-corrected chi connectivity index (χ1v) is 4.86. The third-order valence-electron chi connectivity index (χ3n) is 1.64. The van der Waals surface area contributed by atoms with Crippen molar-refractivity contribution in [3.63, 3.8) is 0 Å². The summed E-state index contributed by atoms with van der Waals surface area (Å²) in [5.41, 5.74) is -4.51. The van der Waals surface area contributed by atoms with Gasteiger partial charge in [-0.05, 0) is 17.8 Å². The first-order valence-electron chi connectivity index (χ1n) is 4.04. The van der Waals surface area contributed by atoms with E-state index in [1.807, 2.05) is 0 Å². The summed E-state index contributed by atoms with van der Waals surface area (Å²) in [4.78, 5) is -0.369. The Balaban J connectivity index is 3.20. The van der Waals surface area contributed by atoms with Gasteiger partial charge in [-0.1, -0.05) is 0 Å². The van der Waals surface area contributed by atoms with E-state index >= 15 is 0 Å². The maximum Gasteiger partial charge on any atom is 0.446 e. The number of methoxy groups -OCH3 is 2. The number of alkyl halides is 3. The van der Waals surface area contributed by atoms with Gasteiger partial charge in [0.25, 0.3) is 0 Å². The quantitative estimate of drug-likeness (QED) is 0.609. The summed E-state index contributed by atoms with van der Waals surface area (Å²) in [5, 5.41) is 0. The summed E-state index contributed by atoms with van der Waals surface area (Å²) in [7, 11) is 2.41. The summed E-state index contributed by atoms with van der Waals surface area (Å²) in [6.07, 6.45) is 0. The molecule has 0 aliphatic rings. The smallest absolute Gasteiger partial charge is 0.446 e. The molecule has 0 aliphatic heterocycles. The number of thioether (sulfide) groups is 1. The van der Waals surface area contributed by atoms with Gasteiger partial charge in [0, 0.05) is 6.07 Å². The normalized spacial score (nSPS) is 11.4. The van der Waals surface area contributed by atoms with E-state index in [4.69, 9.17) is 9.47 Å². The van der Waals surface area contributed by atoms with Gasteiger partial charge in [0.2, 0.25) is 0 Å². The minimum Gasteiger partial charge on any atom is -0.493 e. The van der Waals surface area contributed by atoms with Crippen molar-refractivity contribution < 1.29 is 27.0 Å². The predicted octanol–water partition coefficient (Wildman–Crippen LogP) is 3.45. The van der Waals surface area contributed by atoms with Crippen molar-refractivity contribution in [1.29, 1.82) is 0 Å². The average molecular weight is 256 g/mol. The number of ether oxygens (including phenoxy) is 2. The van der Waals surface area contributed by atoms with Crippen molar-refractivity contribution in [1.82, 2.24) is 0 Å². The van der Waals surface area contributed by atoms with Gasteiger partial charge in [-0.15, -0.1) is 0 Å². The van der Waals surface area contributed by atoms with E-state index < -0.39 is 23.1 Å². The number of benzene rings is 1. The number of hydrogen-bond acceptors (Lipinski definition) is 3. The lowest BCUT2D eigenvalue weighted by atomic mass is 10.3. The highest BCUT2D eigenvalue weighted by Gasteiger charge is 2.32. The summed E-state index contributed by atoms with van der Waals surface area (Å²) in [5.74, 6) is -1.02. The number of rotatable bonds is 3. The Morgan fingerprint density at radius 3 is 2.19 bits per heavy atom. The molecule has 0 heterocycles. The Hall–Kier alpha value is -1.11. The van der Waals surface area contributed by atoms with Crippen LogP contribution < -0.4 is 9.47 Å². The topological polar surface area (TPSA) is 18.5 Å². The molecule has 0 aliphatic carbocycles. The van der Waals surface area contributed by atoms with Crippen LogP contribution in [0, 0.1) is 5.82 Å². The van der Waals surface area contributed by atoms with Gasteiger partial charge < -0.3 is 9.47 Å². The third-order valence-corrected chi connectivity index (χ3v) is 2.39. The van der Waals surface area contributed by atoms with Crippen molar-refractivity contribution in [2.75, 3.05) is 14.2 Å². The van der Waals surface area contributed by atoms with E-state index in [9.17, 15) is 17.6 Å². The molecule has 0 N–H and O–H groups in total. The zero-order chi connectivity index (χ0) is 12.3. The second-order valence-corrected chi connectivity index (χ2v) is 3.79. The van der Waals surface area contributed by atoms with Crippen LogP contribution in [0.15, 0.2) is 17.0 Å². The van der Waals surface area contributed by atoms with Crippen molar-refractivity contribution in [2.45, 2.75) is 10.4 Å². The summed E-state index contributed by atoms with van der Waals surface area (Å²) >= 11 is -0.449. The van der Waals surface area contributed by atoms with Crippen LogP contribution in [0.4, 0.5) is 17.6 Å². The van der Waals surface area contributed by atoms with Crippen LogP contribution in [0.3, 0.4) is 0 Å². The molecule has 1 aromatic carbocycles. The molecule has 0 atom stereocenters. The van der Waals surface area contributed by atoms with Gasteiger partial charge in [0.1, 0.15) is 5.82 Å². The Labute approximate surface area is 93.5 Å². The summed E-state index contributed by atoms with van der Waals surface area (Å²) in [6, 6.07) is 1.71. The largest absolute Gasteiger partial charge is 0.493 e. The number of halogens is 4. The molecular formula is C9H8F4O2S. The van der Waals surface area contributed by atoms with Crippen molar-refractivity contribution in [2.24, 2.45) is 0 Å². The first kappa shape index (κ1) is 13.0. The Kier molecular flexibility index (Phi) is 3.90. The molecule has 7 heteroatoms. The fraction of sp³-hybridized carbons (Fsp3) is 0.333. The molecule has 0 bridgehead atoms. The van der Waals surface area contributed by atoms with Gasteiger partial charge in [-0.2, -0.15) is 13.2 Å². The van der Waals surface area contributed by atoms with Crippen LogP contribution in [0.25, 0.3) is 0 Å². The third kappa shape index (κ3) is 3.19. The minimum atomic E-state index is -4.51. The van der Waals surface area contributed by atoms with Crippen molar-refractivity contribution in [3.8, 4) is 11.5 Å². The van der Waals surface area contributed by atoms with Gasteiger partial charge >= 0.3 is 5.51 Å². The lowest BCUT2D eigenvalue weighted by Gasteiger charge is -2.13. The SMILES string of the molecule is COc1cc(F)cc(SC(F)(F)F)c1OC. The van der Waals surface area contributed by atoms with E-state index in [1.165, 1.54) is 14.2 Å². The van der Waals surface area contributed by atoms with Crippen LogP contribution in [0.2, 0.25) is 0 Å². The highest BCUT2D eigenvalue weighted by Crippen LogP contribution is 2.45. The van der Waals surface area contributed by atoms with E-state index in [2.05, 4.69) is 0 Å². The van der Waals surface area contributed by atoms with E-state index in [1.54, 1.807) is 0 Å². The molecule has 1 rings (SSSR count). The van der Waals surface area contributed by atoms with Crippen LogP contribution in [-0.4, -0.2) is 19.7 Å². The minimum absolute atomic E-state index is 0.0748. The Bertz CT molecular complexity index is 379. The average Bonchev–Trinajstić information content (AvgIpc) is 2.14. The molecule has 0 saturated carbocycles. The lowest BCUT2D eigenvalue weighted by Crippen LogP contribution is -2.02. The highest BCUT2D eigenvalue weighted by molar-refractivity contribution is 8.00. The molecule has 0 saturated heterocycles. The molecule has 16 heavy (non-hydrogen) atoms. The molecule has 0 amide bonds. The Morgan fingerprint density at radius 2 is 1.75 bits per heavy atom. The fourth-order valence-corrected chi connectivity index (χ4v) is 1.80. The maximum atomic E-state index is 13.0. The summed E-state index contributed by atoms with van der Waals surface area (Å²) in [6.45, 7) is 0. The van der Waals surface area contributed by atoms with Crippen molar-refractivity contribution >= 4 is 11.8 Å². The van der Waals surface area contributed by atoms with Gasteiger partial charge in [0.15, 0.2) is 11.5 Å². The van der Waals surface area contributed by atoms with Gasteiger partial charge in [-0.25, -0.2) is 4.39 Å². The van der Waals surface area contributed by atoms with Crippen LogP contribution in [0.1, 0.15) is 0 Å². The van der Waals surface area contributed by atoms with Crippen LogP contribution in [0.5, 0.6) is 11.5 Å². The number of hydrogen-bond donors (Lipinski definition) is 0. The van der Waals surface area contributed by atoms with Crippen molar-refractivity contribution in [3.05, 3.63) is 17.9 Å².